The van der Waals surface area contributed by atoms with E-state index in [9.17, 15) is 0 Å². The Bertz CT molecular complexity index is 128. The van der Waals surface area contributed by atoms with Crippen molar-refractivity contribution in [2.75, 3.05) is 13.6 Å². The number of rotatable bonds is 0. The van der Waals surface area contributed by atoms with Crippen molar-refractivity contribution in [3.63, 3.8) is 0 Å². The van der Waals surface area contributed by atoms with Crippen molar-refractivity contribution in [2.24, 2.45) is 11.8 Å². The molecule has 2 rings (SSSR count). The summed E-state index contributed by atoms with van der Waals surface area (Å²) in [6.45, 7) is 7.77. The van der Waals surface area contributed by atoms with Crippen LogP contribution in [0, 0.1) is 11.8 Å². The molecule has 1 saturated heterocycles. The molecule has 0 aromatic rings. The third-order valence-corrected chi connectivity index (χ3v) is 3.65. The summed E-state index contributed by atoms with van der Waals surface area (Å²) >= 11 is 0. The van der Waals surface area contributed by atoms with Crippen LogP contribution >= 0.6 is 0 Å². The van der Waals surface area contributed by atoms with E-state index in [4.69, 9.17) is 0 Å². The van der Waals surface area contributed by atoms with Crippen LogP contribution in [0.15, 0.2) is 0 Å². The van der Waals surface area contributed by atoms with E-state index in [1.54, 1.807) is 0 Å². The summed E-state index contributed by atoms with van der Waals surface area (Å²) in [6, 6.07) is 0.943. The largest absolute Gasteiger partial charge is 0.303 e. The highest BCUT2D eigenvalue weighted by molar-refractivity contribution is 4.91. The Kier molecular flexibility index (Phi) is 4.24. The van der Waals surface area contributed by atoms with E-state index in [0.29, 0.717) is 0 Å². The molecule has 3 atom stereocenters. The first kappa shape index (κ1) is 11.0. The molecule has 1 aliphatic heterocycles. The van der Waals surface area contributed by atoms with Gasteiger partial charge in [0.1, 0.15) is 0 Å². The second kappa shape index (κ2) is 4.99. The smallest absolute Gasteiger partial charge is 0.0124 e. The topological polar surface area (TPSA) is 3.24 Å². The van der Waals surface area contributed by atoms with E-state index in [1.807, 2.05) is 13.8 Å². The Balaban J connectivity index is 0.000000396. The molecule has 1 aliphatic carbocycles. The highest BCUT2D eigenvalue weighted by Gasteiger charge is 2.38. The number of nitrogens with zero attached hydrogens (tertiary/aromatic N) is 1. The van der Waals surface area contributed by atoms with Crippen molar-refractivity contribution in [3.05, 3.63) is 0 Å². The van der Waals surface area contributed by atoms with Crippen LogP contribution in [0.4, 0.5) is 0 Å². The zero-order valence-electron chi connectivity index (χ0n) is 9.71. The fraction of sp³-hybridized carbons (Fsp3) is 1.00. The Labute approximate surface area is 83.5 Å². The van der Waals surface area contributed by atoms with Gasteiger partial charge in [0.2, 0.25) is 0 Å². The molecule has 1 nitrogen and oxygen atoms in total. The van der Waals surface area contributed by atoms with E-state index >= 15 is 0 Å². The number of likely N-dealkylation sites (tertiary alicyclic amines) is 1. The van der Waals surface area contributed by atoms with Gasteiger partial charge in [0, 0.05) is 12.6 Å². The van der Waals surface area contributed by atoms with Crippen LogP contribution in [0.3, 0.4) is 0 Å². The average molecular weight is 183 g/mol. The van der Waals surface area contributed by atoms with Crippen molar-refractivity contribution in [2.45, 2.75) is 52.5 Å². The molecule has 0 bridgehead atoms. The maximum absolute atomic E-state index is 2.58. The minimum absolute atomic E-state index is 0.943. The molecule has 2 aliphatic rings. The first-order chi connectivity index (χ1) is 6.29. The second-order valence-electron chi connectivity index (χ2n) is 4.43. The molecule has 0 spiro atoms. The quantitative estimate of drug-likeness (QED) is 0.557. The molecule has 1 saturated carbocycles. The minimum atomic E-state index is 0.943. The molecule has 0 radical (unpaired) electrons. The fourth-order valence-corrected chi connectivity index (χ4v) is 3.08. The van der Waals surface area contributed by atoms with Gasteiger partial charge < -0.3 is 4.90 Å². The van der Waals surface area contributed by atoms with E-state index in [1.165, 1.54) is 32.2 Å². The number of hydrogen-bond acceptors (Lipinski definition) is 1. The van der Waals surface area contributed by atoms with Gasteiger partial charge in [-0.2, -0.15) is 0 Å². The number of fused-ring (bicyclic) bond motifs is 1. The van der Waals surface area contributed by atoms with Crippen molar-refractivity contribution in [1.29, 1.82) is 0 Å². The summed E-state index contributed by atoms with van der Waals surface area (Å²) < 4.78 is 0. The second-order valence-corrected chi connectivity index (χ2v) is 4.43. The predicted octanol–water partition coefficient (Wildman–Crippen LogP) is 3.15. The van der Waals surface area contributed by atoms with E-state index in [-0.39, 0.29) is 0 Å². The van der Waals surface area contributed by atoms with Gasteiger partial charge in [0.25, 0.3) is 0 Å². The molecule has 0 aromatic heterocycles. The molecule has 3 unspecified atom stereocenters. The van der Waals surface area contributed by atoms with Gasteiger partial charge in [0.15, 0.2) is 0 Å². The van der Waals surface area contributed by atoms with Crippen LogP contribution in [0.1, 0.15) is 46.5 Å². The van der Waals surface area contributed by atoms with Gasteiger partial charge in [-0.05, 0) is 31.7 Å². The zero-order chi connectivity index (χ0) is 9.84. The van der Waals surface area contributed by atoms with Crippen LogP contribution in [-0.2, 0) is 0 Å². The van der Waals surface area contributed by atoms with Crippen LogP contribution in [-0.4, -0.2) is 24.5 Å². The van der Waals surface area contributed by atoms with E-state index in [0.717, 1.165) is 17.9 Å². The normalized spacial score (nSPS) is 39.2. The monoisotopic (exact) mass is 183 g/mol. The third kappa shape index (κ3) is 2.25. The molecule has 1 heterocycles. The molecular formula is C12H25N. The lowest BCUT2D eigenvalue weighted by molar-refractivity contribution is 0.208. The van der Waals surface area contributed by atoms with Crippen molar-refractivity contribution < 1.29 is 0 Å². The fourth-order valence-electron chi connectivity index (χ4n) is 3.08. The van der Waals surface area contributed by atoms with Crippen LogP contribution in [0.5, 0.6) is 0 Å². The average Bonchev–Trinajstić information content (AvgIpc) is 2.47. The van der Waals surface area contributed by atoms with Gasteiger partial charge >= 0.3 is 0 Å². The summed E-state index contributed by atoms with van der Waals surface area (Å²) in [5.74, 6) is 2.00. The van der Waals surface area contributed by atoms with Crippen LogP contribution in [0.25, 0.3) is 0 Å². The maximum atomic E-state index is 2.58. The van der Waals surface area contributed by atoms with Crippen molar-refractivity contribution in [3.8, 4) is 0 Å². The Morgan fingerprint density at radius 3 is 2.31 bits per heavy atom. The summed E-state index contributed by atoms with van der Waals surface area (Å²) in [5, 5.41) is 0. The lowest BCUT2D eigenvalue weighted by Crippen LogP contribution is -2.31. The molecule has 78 valence electrons. The summed E-state index contributed by atoms with van der Waals surface area (Å²) in [7, 11) is 2.30. The van der Waals surface area contributed by atoms with Crippen molar-refractivity contribution >= 4 is 0 Å². The summed E-state index contributed by atoms with van der Waals surface area (Å²) in [6.07, 6.45) is 5.92. The van der Waals surface area contributed by atoms with Gasteiger partial charge in [-0.3, -0.25) is 0 Å². The third-order valence-electron chi connectivity index (χ3n) is 3.65. The Morgan fingerprint density at radius 1 is 1.08 bits per heavy atom. The first-order valence-electron chi connectivity index (χ1n) is 5.99. The van der Waals surface area contributed by atoms with Crippen LogP contribution < -0.4 is 0 Å². The van der Waals surface area contributed by atoms with E-state index < -0.39 is 0 Å². The molecule has 2 fully saturated rings. The van der Waals surface area contributed by atoms with Gasteiger partial charge in [-0.15, -0.1) is 0 Å². The number of hydrogen-bond donors (Lipinski definition) is 0. The summed E-state index contributed by atoms with van der Waals surface area (Å²) in [5.41, 5.74) is 0. The lowest BCUT2D eigenvalue weighted by atomic mass is 9.81. The predicted molar refractivity (Wildman–Crippen MR) is 58.9 cm³/mol. The highest BCUT2D eigenvalue weighted by Crippen LogP contribution is 2.38. The van der Waals surface area contributed by atoms with Gasteiger partial charge in [-0.25, -0.2) is 0 Å². The molecule has 1 heteroatoms. The molecular weight excluding hydrogens is 158 g/mol. The first-order valence-corrected chi connectivity index (χ1v) is 5.99. The standard InChI is InChI=1S/C10H19N.C2H6/c1-8-7-11(2)10-6-4-3-5-9(8)10;1-2/h8-10H,3-7H2,1-2H3;1-2H3. The van der Waals surface area contributed by atoms with Gasteiger partial charge in [0.05, 0.1) is 0 Å². The van der Waals surface area contributed by atoms with Gasteiger partial charge in [-0.1, -0.05) is 33.6 Å². The Morgan fingerprint density at radius 2 is 1.69 bits per heavy atom. The van der Waals surface area contributed by atoms with Crippen molar-refractivity contribution in [1.82, 2.24) is 4.90 Å². The lowest BCUT2D eigenvalue weighted by Gasteiger charge is -2.30. The highest BCUT2D eigenvalue weighted by atomic mass is 15.2. The summed E-state index contributed by atoms with van der Waals surface area (Å²) in [4.78, 5) is 2.58. The molecule has 13 heavy (non-hydrogen) atoms. The minimum Gasteiger partial charge on any atom is -0.303 e. The Hall–Kier alpha value is -0.0400. The molecule has 0 N–H and O–H groups in total. The molecule has 0 aromatic carbocycles. The molecule has 0 amide bonds. The SMILES string of the molecule is CC.CC1CN(C)C2CCCCC12. The van der Waals surface area contributed by atoms with E-state index in [2.05, 4.69) is 18.9 Å². The zero-order valence-corrected chi connectivity index (χ0v) is 9.71. The van der Waals surface area contributed by atoms with Crippen LogP contribution in [0.2, 0.25) is 0 Å². The maximum Gasteiger partial charge on any atom is 0.0124 e.